The number of ether oxygens (including phenoxy) is 1. The van der Waals surface area contributed by atoms with E-state index in [9.17, 15) is 0 Å². The largest absolute Gasteiger partial charge is 0.373 e. The van der Waals surface area contributed by atoms with Crippen LogP contribution in [0.15, 0.2) is 28.7 Å². The van der Waals surface area contributed by atoms with Gasteiger partial charge in [0.05, 0.1) is 12.7 Å². The van der Waals surface area contributed by atoms with Gasteiger partial charge in [-0.15, -0.1) is 0 Å². The number of rotatable bonds is 2. The fourth-order valence-electron chi connectivity index (χ4n) is 1.10. The Morgan fingerprint density at radius 3 is 2.82 bits per heavy atom. The van der Waals surface area contributed by atoms with Crippen LogP contribution in [0.4, 0.5) is 0 Å². The van der Waals surface area contributed by atoms with Crippen LogP contribution in [0.1, 0.15) is 5.56 Å². The Labute approximate surface area is 74.5 Å². The molecular weight excluding hydrogens is 204 g/mol. The third kappa shape index (κ3) is 1.82. The molecule has 0 aliphatic carbocycles. The number of epoxide rings is 1. The minimum atomic E-state index is 0.480. The van der Waals surface area contributed by atoms with Gasteiger partial charge in [-0.1, -0.05) is 34.1 Å². The minimum Gasteiger partial charge on any atom is -0.373 e. The molecule has 1 atom stereocenters. The van der Waals surface area contributed by atoms with Gasteiger partial charge in [0.25, 0.3) is 0 Å². The van der Waals surface area contributed by atoms with Crippen LogP contribution in [0, 0.1) is 0 Å². The lowest BCUT2D eigenvalue weighted by Gasteiger charge is -1.99. The molecule has 1 fully saturated rings. The molecule has 0 N–H and O–H groups in total. The zero-order chi connectivity index (χ0) is 7.68. The highest BCUT2D eigenvalue weighted by Crippen LogP contribution is 2.22. The van der Waals surface area contributed by atoms with Crippen molar-refractivity contribution >= 4 is 15.9 Å². The van der Waals surface area contributed by atoms with Gasteiger partial charge in [0, 0.05) is 10.9 Å². The standard InChI is InChI=1S/C9H9BrO/c10-9-4-2-1-3-7(9)5-8-6-11-8/h1-4,8H,5-6H2. The van der Waals surface area contributed by atoms with Crippen molar-refractivity contribution in [2.75, 3.05) is 6.61 Å². The van der Waals surface area contributed by atoms with Crippen LogP contribution in [0.25, 0.3) is 0 Å². The predicted molar refractivity (Wildman–Crippen MR) is 47.6 cm³/mol. The summed E-state index contributed by atoms with van der Waals surface area (Å²) in [5.41, 5.74) is 1.34. The van der Waals surface area contributed by atoms with E-state index in [0.29, 0.717) is 6.10 Å². The summed E-state index contributed by atoms with van der Waals surface area (Å²) in [6.45, 7) is 0.932. The van der Waals surface area contributed by atoms with Crippen LogP contribution >= 0.6 is 15.9 Å². The molecule has 0 spiro atoms. The second-order valence-electron chi connectivity index (χ2n) is 2.75. The molecule has 0 aromatic heterocycles. The SMILES string of the molecule is Brc1ccccc1CC1CO1. The van der Waals surface area contributed by atoms with E-state index in [2.05, 4.69) is 34.1 Å². The van der Waals surface area contributed by atoms with Crippen molar-refractivity contribution in [2.24, 2.45) is 0 Å². The summed E-state index contributed by atoms with van der Waals surface area (Å²) in [4.78, 5) is 0. The van der Waals surface area contributed by atoms with Crippen molar-refractivity contribution in [3.63, 3.8) is 0 Å². The Bertz CT molecular complexity index is 255. The van der Waals surface area contributed by atoms with Crippen molar-refractivity contribution in [1.29, 1.82) is 0 Å². The van der Waals surface area contributed by atoms with Crippen molar-refractivity contribution in [1.82, 2.24) is 0 Å². The average Bonchev–Trinajstić information content (AvgIpc) is 2.78. The predicted octanol–water partition coefficient (Wildman–Crippen LogP) is 2.39. The molecule has 0 amide bonds. The lowest BCUT2D eigenvalue weighted by atomic mass is 10.1. The number of halogens is 1. The molecule has 1 unspecified atom stereocenters. The smallest absolute Gasteiger partial charge is 0.0850 e. The minimum absolute atomic E-state index is 0.480. The van der Waals surface area contributed by atoms with Gasteiger partial charge in [0.1, 0.15) is 0 Å². The topological polar surface area (TPSA) is 12.5 Å². The van der Waals surface area contributed by atoms with Crippen LogP contribution in [0.3, 0.4) is 0 Å². The monoisotopic (exact) mass is 212 g/mol. The molecule has 0 saturated carbocycles. The summed E-state index contributed by atoms with van der Waals surface area (Å²) >= 11 is 3.50. The van der Waals surface area contributed by atoms with Gasteiger partial charge in [0.15, 0.2) is 0 Å². The van der Waals surface area contributed by atoms with E-state index < -0.39 is 0 Å². The summed E-state index contributed by atoms with van der Waals surface area (Å²) in [5, 5.41) is 0. The summed E-state index contributed by atoms with van der Waals surface area (Å²) < 4.78 is 6.34. The third-order valence-electron chi connectivity index (χ3n) is 1.81. The lowest BCUT2D eigenvalue weighted by molar-refractivity contribution is 0.407. The van der Waals surface area contributed by atoms with Crippen LogP contribution in [0.5, 0.6) is 0 Å². The number of benzene rings is 1. The van der Waals surface area contributed by atoms with Crippen LogP contribution in [0.2, 0.25) is 0 Å². The van der Waals surface area contributed by atoms with E-state index in [-0.39, 0.29) is 0 Å². The zero-order valence-corrected chi connectivity index (χ0v) is 7.67. The maximum Gasteiger partial charge on any atom is 0.0850 e. The first-order chi connectivity index (χ1) is 5.36. The molecular formula is C9H9BrO. The van der Waals surface area contributed by atoms with E-state index in [4.69, 9.17) is 4.74 Å². The summed E-state index contributed by atoms with van der Waals surface area (Å²) in [7, 11) is 0. The van der Waals surface area contributed by atoms with Gasteiger partial charge in [0.2, 0.25) is 0 Å². The quantitative estimate of drug-likeness (QED) is 0.687. The van der Waals surface area contributed by atoms with E-state index in [1.165, 1.54) is 10.0 Å². The normalized spacial score (nSPS) is 21.7. The molecule has 1 aliphatic rings. The van der Waals surface area contributed by atoms with Crippen LogP contribution in [-0.4, -0.2) is 12.7 Å². The fraction of sp³-hybridized carbons (Fsp3) is 0.333. The maximum atomic E-state index is 5.15. The molecule has 11 heavy (non-hydrogen) atoms. The summed E-state index contributed by atoms with van der Waals surface area (Å²) in [6.07, 6.45) is 1.52. The van der Waals surface area contributed by atoms with Gasteiger partial charge in [-0.05, 0) is 11.6 Å². The number of hydrogen-bond donors (Lipinski definition) is 0. The molecule has 1 nitrogen and oxygen atoms in total. The molecule has 2 heteroatoms. The molecule has 2 rings (SSSR count). The molecule has 1 aromatic rings. The molecule has 0 radical (unpaired) electrons. The third-order valence-corrected chi connectivity index (χ3v) is 2.58. The van der Waals surface area contributed by atoms with E-state index >= 15 is 0 Å². The van der Waals surface area contributed by atoms with E-state index in [0.717, 1.165) is 13.0 Å². The second-order valence-corrected chi connectivity index (χ2v) is 3.61. The van der Waals surface area contributed by atoms with Gasteiger partial charge in [-0.25, -0.2) is 0 Å². The molecule has 1 aromatic carbocycles. The average molecular weight is 213 g/mol. The first-order valence-corrected chi connectivity index (χ1v) is 4.50. The number of hydrogen-bond acceptors (Lipinski definition) is 1. The van der Waals surface area contributed by atoms with Gasteiger partial charge < -0.3 is 4.74 Å². The van der Waals surface area contributed by atoms with Crippen molar-refractivity contribution in [2.45, 2.75) is 12.5 Å². The maximum absolute atomic E-state index is 5.15. The Kier molecular flexibility index (Phi) is 1.96. The van der Waals surface area contributed by atoms with Gasteiger partial charge in [-0.2, -0.15) is 0 Å². The molecule has 1 heterocycles. The zero-order valence-electron chi connectivity index (χ0n) is 6.09. The van der Waals surface area contributed by atoms with Crippen LogP contribution < -0.4 is 0 Å². The van der Waals surface area contributed by atoms with E-state index in [1.807, 2.05) is 6.07 Å². The summed E-state index contributed by atoms with van der Waals surface area (Å²) in [6, 6.07) is 8.29. The van der Waals surface area contributed by atoms with Crippen LogP contribution in [-0.2, 0) is 11.2 Å². The Morgan fingerprint density at radius 2 is 2.18 bits per heavy atom. The Morgan fingerprint density at radius 1 is 1.45 bits per heavy atom. The van der Waals surface area contributed by atoms with Crippen molar-refractivity contribution < 1.29 is 4.74 Å². The highest BCUT2D eigenvalue weighted by atomic mass is 79.9. The van der Waals surface area contributed by atoms with E-state index in [1.54, 1.807) is 0 Å². The molecule has 0 bridgehead atoms. The Hall–Kier alpha value is -0.340. The summed E-state index contributed by atoms with van der Waals surface area (Å²) in [5.74, 6) is 0. The molecule has 1 aliphatic heterocycles. The van der Waals surface area contributed by atoms with Gasteiger partial charge in [-0.3, -0.25) is 0 Å². The fourth-order valence-corrected chi connectivity index (χ4v) is 1.54. The highest BCUT2D eigenvalue weighted by molar-refractivity contribution is 9.10. The van der Waals surface area contributed by atoms with Gasteiger partial charge >= 0.3 is 0 Å². The Balaban J connectivity index is 2.15. The second kappa shape index (κ2) is 2.95. The van der Waals surface area contributed by atoms with Crippen molar-refractivity contribution in [3.8, 4) is 0 Å². The first kappa shape index (κ1) is 7.32. The highest BCUT2D eigenvalue weighted by Gasteiger charge is 2.23. The molecule has 58 valence electrons. The molecule has 1 saturated heterocycles. The first-order valence-electron chi connectivity index (χ1n) is 3.71. The lowest BCUT2D eigenvalue weighted by Crippen LogP contribution is -1.93. The van der Waals surface area contributed by atoms with Crippen molar-refractivity contribution in [3.05, 3.63) is 34.3 Å².